The third-order valence-electron chi connectivity index (χ3n) is 4.42. The van der Waals surface area contributed by atoms with Crippen molar-refractivity contribution < 1.29 is 22.3 Å². The van der Waals surface area contributed by atoms with Crippen LogP contribution in [-0.4, -0.2) is 31.8 Å². The standard InChI is InChI=1S/C19H19ClFNO4S/c20-16-7-3-2-6-15(16)13-26-19(23)14-8-9-17(21)18(12-14)27(24,25)22-10-4-1-5-11-22/h2-3,6-9,12H,1,4-5,10-11,13H2. The van der Waals surface area contributed by atoms with Gasteiger partial charge in [-0.25, -0.2) is 17.6 Å². The molecule has 0 atom stereocenters. The summed E-state index contributed by atoms with van der Waals surface area (Å²) in [5.41, 5.74) is 0.592. The number of piperidine rings is 1. The van der Waals surface area contributed by atoms with E-state index in [1.165, 1.54) is 10.4 Å². The molecule has 0 aliphatic carbocycles. The number of sulfonamides is 1. The summed E-state index contributed by atoms with van der Waals surface area (Å²) in [4.78, 5) is 11.8. The molecule has 144 valence electrons. The second kappa shape index (κ2) is 8.37. The van der Waals surface area contributed by atoms with Crippen molar-refractivity contribution in [2.45, 2.75) is 30.8 Å². The summed E-state index contributed by atoms with van der Waals surface area (Å²) < 4.78 is 46.1. The highest BCUT2D eigenvalue weighted by Gasteiger charge is 2.29. The first kappa shape index (κ1) is 19.8. The van der Waals surface area contributed by atoms with Crippen molar-refractivity contribution in [3.63, 3.8) is 0 Å². The fraction of sp³-hybridized carbons (Fsp3) is 0.316. The van der Waals surface area contributed by atoms with Gasteiger partial charge in [-0.3, -0.25) is 0 Å². The van der Waals surface area contributed by atoms with Crippen LogP contribution in [0.5, 0.6) is 0 Å². The van der Waals surface area contributed by atoms with Gasteiger partial charge in [0.2, 0.25) is 10.0 Å². The van der Waals surface area contributed by atoms with Gasteiger partial charge in [-0.1, -0.05) is 36.2 Å². The van der Waals surface area contributed by atoms with Gasteiger partial charge in [-0.05, 0) is 37.1 Å². The Morgan fingerprint density at radius 2 is 1.81 bits per heavy atom. The number of nitrogens with zero attached hydrogens (tertiary/aromatic N) is 1. The molecule has 0 spiro atoms. The zero-order valence-corrected chi connectivity index (χ0v) is 16.1. The fourth-order valence-corrected chi connectivity index (χ4v) is 4.71. The normalized spacial score (nSPS) is 15.5. The predicted octanol–water partition coefficient (Wildman–Crippen LogP) is 4.01. The van der Waals surface area contributed by atoms with E-state index in [1.807, 2.05) is 0 Å². The van der Waals surface area contributed by atoms with Crippen LogP contribution in [0.25, 0.3) is 0 Å². The number of rotatable bonds is 5. The second-order valence-corrected chi connectivity index (χ2v) is 8.59. The Morgan fingerprint density at radius 1 is 1.11 bits per heavy atom. The lowest BCUT2D eigenvalue weighted by molar-refractivity contribution is 0.0472. The van der Waals surface area contributed by atoms with Crippen molar-refractivity contribution >= 4 is 27.6 Å². The number of hydrogen-bond donors (Lipinski definition) is 0. The Morgan fingerprint density at radius 3 is 2.52 bits per heavy atom. The van der Waals surface area contributed by atoms with Crippen LogP contribution in [-0.2, 0) is 21.4 Å². The van der Waals surface area contributed by atoms with E-state index in [1.54, 1.807) is 24.3 Å². The number of esters is 1. The van der Waals surface area contributed by atoms with Crippen molar-refractivity contribution in [3.8, 4) is 0 Å². The van der Waals surface area contributed by atoms with Crippen molar-refractivity contribution in [1.82, 2.24) is 4.31 Å². The highest BCUT2D eigenvalue weighted by Crippen LogP contribution is 2.24. The van der Waals surface area contributed by atoms with Gasteiger partial charge in [0.05, 0.1) is 5.56 Å². The monoisotopic (exact) mass is 411 g/mol. The largest absolute Gasteiger partial charge is 0.457 e. The molecule has 0 unspecified atom stereocenters. The summed E-state index contributed by atoms with van der Waals surface area (Å²) in [5, 5.41) is 0.456. The molecule has 1 aliphatic heterocycles. The average Bonchev–Trinajstić information content (AvgIpc) is 2.68. The average molecular weight is 412 g/mol. The number of halogens is 2. The summed E-state index contributed by atoms with van der Waals surface area (Å²) in [6, 6.07) is 10.1. The smallest absolute Gasteiger partial charge is 0.338 e. The maximum atomic E-state index is 14.2. The summed E-state index contributed by atoms with van der Waals surface area (Å²) in [5.74, 6) is -1.63. The van der Waals surface area contributed by atoms with E-state index in [0.717, 1.165) is 31.4 Å². The Labute approximate surface area is 162 Å². The van der Waals surface area contributed by atoms with Crippen LogP contribution in [0.3, 0.4) is 0 Å². The molecule has 0 bridgehead atoms. The third kappa shape index (κ3) is 4.48. The SMILES string of the molecule is O=C(OCc1ccccc1Cl)c1ccc(F)c(S(=O)(=O)N2CCCCC2)c1. The zero-order chi connectivity index (χ0) is 19.4. The van der Waals surface area contributed by atoms with Gasteiger partial charge in [-0.15, -0.1) is 0 Å². The lowest BCUT2D eigenvalue weighted by Crippen LogP contribution is -2.36. The van der Waals surface area contributed by atoms with Crippen molar-refractivity contribution in [1.29, 1.82) is 0 Å². The van der Waals surface area contributed by atoms with E-state index in [4.69, 9.17) is 16.3 Å². The summed E-state index contributed by atoms with van der Waals surface area (Å²) in [6.45, 7) is 0.635. The van der Waals surface area contributed by atoms with Crippen LogP contribution in [0, 0.1) is 5.82 Å². The van der Waals surface area contributed by atoms with E-state index < -0.39 is 26.7 Å². The van der Waals surface area contributed by atoms with E-state index in [0.29, 0.717) is 23.7 Å². The predicted molar refractivity (Wildman–Crippen MR) is 99.6 cm³/mol. The van der Waals surface area contributed by atoms with Crippen LogP contribution in [0.4, 0.5) is 4.39 Å². The molecule has 0 N–H and O–H groups in total. The van der Waals surface area contributed by atoms with E-state index in [9.17, 15) is 17.6 Å². The molecule has 8 heteroatoms. The van der Waals surface area contributed by atoms with Crippen molar-refractivity contribution in [3.05, 3.63) is 64.4 Å². The fourth-order valence-electron chi connectivity index (χ4n) is 2.91. The third-order valence-corrected chi connectivity index (χ3v) is 6.70. The minimum atomic E-state index is -3.99. The molecule has 2 aromatic carbocycles. The van der Waals surface area contributed by atoms with Gasteiger partial charge in [0, 0.05) is 23.7 Å². The highest BCUT2D eigenvalue weighted by atomic mass is 35.5. The van der Waals surface area contributed by atoms with Gasteiger partial charge in [0.25, 0.3) is 0 Å². The Bertz CT molecular complexity index is 942. The molecule has 0 amide bonds. The number of ether oxygens (including phenoxy) is 1. The molecule has 0 saturated carbocycles. The molecule has 0 radical (unpaired) electrons. The van der Waals surface area contributed by atoms with Gasteiger partial charge in [-0.2, -0.15) is 4.31 Å². The van der Waals surface area contributed by atoms with E-state index in [2.05, 4.69) is 0 Å². The van der Waals surface area contributed by atoms with Crippen molar-refractivity contribution in [2.24, 2.45) is 0 Å². The molecule has 1 aliphatic rings. The molecule has 27 heavy (non-hydrogen) atoms. The van der Waals surface area contributed by atoms with Crippen LogP contribution >= 0.6 is 11.6 Å². The van der Waals surface area contributed by atoms with Gasteiger partial charge >= 0.3 is 5.97 Å². The van der Waals surface area contributed by atoms with Crippen LogP contribution < -0.4 is 0 Å². The quantitative estimate of drug-likeness (QED) is 0.697. The highest BCUT2D eigenvalue weighted by molar-refractivity contribution is 7.89. The van der Waals surface area contributed by atoms with Gasteiger partial charge < -0.3 is 4.74 Å². The molecular formula is C19H19ClFNO4S. The van der Waals surface area contributed by atoms with Crippen LogP contribution in [0.1, 0.15) is 35.2 Å². The summed E-state index contributed by atoms with van der Waals surface area (Å²) >= 11 is 6.02. The molecule has 2 aromatic rings. The maximum Gasteiger partial charge on any atom is 0.338 e. The number of benzene rings is 2. The first-order chi connectivity index (χ1) is 12.9. The van der Waals surface area contributed by atoms with E-state index >= 15 is 0 Å². The molecule has 3 rings (SSSR count). The first-order valence-electron chi connectivity index (χ1n) is 8.60. The molecule has 1 fully saturated rings. The minimum absolute atomic E-state index is 0.0287. The molecule has 1 saturated heterocycles. The second-order valence-electron chi connectivity index (χ2n) is 6.28. The van der Waals surface area contributed by atoms with E-state index in [-0.39, 0.29) is 12.2 Å². The maximum absolute atomic E-state index is 14.2. The van der Waals surface area contributed by atoms with Crippen LogP contribution in [0.15, 0.2) is 47.4 Å². The summed E-state index contributed by atoms with van der Waals surface area (Å²) in [6.07, 6.45) is 2.42. The molecule has 5 nitrogen and oxygen atoms in total. The number of carbonyl (C=O) groups excluding carboxylic acids is 1. The Hall–Kier alpha value is -1.96. The summed E-state index contributed by atoms with van der Waals surface area (Å²) in [7, 11) is -3.99. The topological polar surface area (TPSA) is 63.7 Å². The number of carbonyl (C=O) groups is 1. The van der Waals surface area contributed by atoms with Crippen molar-refractivity contribution in [2.75, 3.05) is 13.1 Å². The lowest BCUT2D eigenvalue weighted by Gasteiger charge is -2.26. The lowest BCUT2D eigenvalue weighted by atomic mass is 10.2. The molecule has 0 aromatic heterocycles. The van der Waals surface area contributed by atoms with Gasteiger partial charge in [0.1, 0.15) is 17.3 Å². The Kier molecular flexibility index (Phi) is 6.14. The minimum Gasteiger partial charge on any atom is -0.457 e. The number of hydrogen-bond acceptors (Lipinski definition) is 4. The first-order valence-corrected chi connectivity index (χ1v) is 10.4. The zero-order valence-electron chi connectivity index (χ0n) is 14.5. The molecular weight excluding hydrogens is 393 g/mol. The molecule has 1 heterocycles. The van der Waals surface area contributed by atoms with Gasteiger partial charge in [0.15, 0.2) is 0 Å². The van der Waals surface area contributed by atoms with Crippen LogP contribution in [0.2, 0.25) is 5.02 Å². The Balaban J connectivity index is 1.80.